The molecule has 14 heteroatoms. The van der Waals surface area contributed by atoms with Crippen molar-refractivity contribution < 1.29 is 43.8 Å². The summed E-state index contributed by atoms with van der Waals surface area (Å²) in [6, 6.07) is -4.56. The summed E-state index contributed by atoms with van der Waals surface area (Å²) in [5, 5.41) is 29.1. The molecule has 0 radical (unpaired) electrons. The van der Waals surface area contributed by atoms with Crippen LogP contribution in [0.3, 0.4) is 0 Å². The Balaban J connectivity index is 3.29. The molecule has 1 heterocycles. The van der Waals surface area contributed by atoms with Crippen LogP contribution in [-0.2, 0) is 33.6 Å². The van der Waals surface area contributed by atoms with Crippen LogP contribution in [0.25, 0.3) is 0 Å². The van der Waals surface area contributed by atoms with Gasteiger partial charge in [-0.2, -0.15) is 0 Å². The number of likely N-dealkylation sites (tertiary alicyclic amines) is 1. The number of nitrogens with one attached hydrogen (secondary N) is 4. The number of hydrogen-bond donors (Lipinski definition) is 6. The summed E-state index contributed by atoms with van der Waals surface area (Å²) in [5.41, 5.74) is -0.719. The molecule has 1 fully saturated rings. The molecule has 0 aromatic carbocycles. The average molecular weight is 640 g/mol. The van der Waals surface area contributed by atoms with Gasteiger partial charge in [-0.15, -0.1) is 0 Å². The molecular weight excluding hydrogens is 586 g/mol. The van der Waals surface area contributed by atoms with E-state index in [1.165, 1.54) is 0 Å². The SMILES string of the molecule is CCC(CC)NC(=O)CC(C(=O)N[C@@H](CC(=O)N1CCCC1)C(=O)N[C@@H](CC(=O)O)C(=O)N[C@@H](CC(C)C)C(=O)O)C(C)(C)C. The average Bonchev–Trinajstić information content (AvgIpc) is 3.47. The minimum atomic E-state index is -1.69. The highest BCUT2D eigenvalue weighted by Crippen LogP contribution is 2.29. The van der Waals surface area contributed by atoms with Gasteiger partial charge in [0.05, 0.1) is 18.8 Å². The molecule has 0 aliphatic carbocycles. The highest BCUT2D eigenvalue weighted by atomic mass is 16.4. The number of nitrogens with zero attached hydrogens (tertiary/aromatic N) is 1. The molecule has 0 spiro atoms. The lowest BCUT2D eigenvalue weighted by Crippen LogP contribution is -2.58. The predicted molar refractivity (Wildman–Crippen MR) is 166 cm³/mol. The van der Waals surface area contributed by atoms with Crippen LogP contribution < -0.4 is 21.3 Å². The molecule has 4 atom stereocenters. The molecule has 1 unspecified atom stereocenters. The van der Waals surface area contributed by atoms with Crippen molar-refractivity contribution in [3.63, 3.8) is 0 Å². The number of carbonyl (C=O) groups is 7. The van der Waals surface area contributed by atoms with Crippen LogP contribution in [0.15, 0.2) is 0 Å². The van der Waals surface area contributed by atoms with Crippen molar-refractivity contribution in [3.8, 4) is 0 Å². The highest BCUT2D eigenvalue weighted by molar-refractivity contribution is 5.97. The summed E-state index contributed by atoms with van der Waals surface area (Å²) in [7, 11) is 0. The molecule has 256 valence electrons. The van der Waals surface area contributed by atoms with Crippen LogP contribution in [0.4, 0.5) is 0 Å². The minimum absolute atomic E-state index is 0.0589. The summed E-state index contributed by atoms with van der Waals surface area (Å²) in [5.74, 6) is -7.16. The molecule has 1 saturated heterocycles. The molecular formula is C31H53N5O9. The van der Waals surface area contributed by atoms with Gasteiger partial charge in [0.15, 0.2) is 0 Å². The van der Waals surface area contributed by atoms with Gasteiger partial charge in [-0.05, 0) is 43.4 Å². The van der Waals surface area contributed by atoms with Crippen molar-refractivity contribution >= 4 is 41.5 Å². The van der Waals surface area contributed by atoms with Gasteiger partial charge in [-0.1, -0.05) is 48.5 Å². The maximum Gasteiger partial charge on any atom is 0.326 e. The van der Waals surface area contributed by atoms with Gasteiger partial charge < -0.3 is 36.4 Å². The summed E-state index contributed by atoms with van der Waals surface area (Å²) >= 11 is 0. The second-order valence-corrected chi connectivity index (χ2v) is 13.2. The van der Waals surface area contributed by atoms with Crippen LogP contribution in [-0.4, -0.2) is 93.8 Å². The van der Waals surface area contributed by atoms with Crippen molar-refractivity contribution in [2.24, 2.45) is 17.3 Å². The monoisotopic (exact) mass is 639 g/mol. The number of aliphatic carboxylic acids is 2. The van der Waals surface area contributed by atoms with E-state index in [1.807, 2.05) is 13.8 Å². The number of carboxylic acid groups (broad SMARTS) is 2. The normalized spacial score (nSPS) is 16.0. The summed E-state index contributed by atoms with van der Waals surface area (Å²) in [4.78, 5) is 91.0. The van der Waals surface area contributed by atoms with Gasteiger partial charge in [-0.3, -0.25) is 28.8 Å². The van der Waals surface area contributed by atoms with Crippen LogP contribution in [0.2, 0.25) is 0 Å². The Morgan fingerprint density at radius 1 is 0.711 bits per heavy atom. The molecule has 0 bridgehead atoms. The van der Waals surface area contributed by atoms with E-state index in [1.54, 1.807) is 39.5 Å². The summed E-state index contributed by atoms with van der Waals surface area (Å²) < 4.78 is 0. The van der Waals surface area contributed by atoms with Gasteiger partial charge >= 0.3 is 11.9 Å². The standard InChI is InChI=1S/C31H53N5O9/c1-8-19(9-2)32-24(37)15-20(31(5,6)7)27(41)33-21(16-25(38)36-12-10-11-13-36)28(42)34-22(17-26(39)40)29(43)35-23(30(44)45)14-18(3)4/h18-23H,8-17H2,1-7H3,(H,32,37)(H,33,41)(H,34,42)(H,35,43)(H,39,40)(H,44,45)/t20?,21-,22-,23-/m0/s1. The first-order chi connectivity index (χ1) is 20.9. The molecule has 0 aromatic rings. The maximum atomic E-state index is 13.7. The van der Waals surface area contributed by atoms with E-state index in [9.17, 15) is 43.8 Å². The first kappa shape index (κ1) is 39.3. The molecule has 1 aliphatic heterocycles. The van der Waals surface area contributed by atoms with Crippen LogP contribution in [0.5, 0.6) is 0 Å². The number of amides is 5. The zero-order valence-electron chi connectivity index (χ0n) is 27.7. The van der Waals surface area contributed by atoms with Crippen LogP contribution >= 0.6 is 0 Å². The van der Waals surface area contributed by atoms with Crippen molar-refractivity contribution in [1.29, 1.82) is 0 Å². The van der Waals surface area contributed by atoms with Crippen LogP contribution in [0.1, 0.15) is 99.8 Å². The first-order valence-corrected chi connectivity index (χ1v) is 15.8. The predicted octanol–water partition coefficient (Wildman–Crippen LogP) is 1.42. The molecule has 1 aliphatic rings. The molecule has 1 rings (SSSR count). The number of carbonyl (C=O) groups excluding carboxylic acids is 5. The van der Waals surface area contributed by atoms with E-state index in [0.29, 0.717) is 25.9 Å². The third kappa shape index (κ3) is 13.9. The topological polar surface area (TPSA) is 211 Å². The van der Waals surface area contributed by atoms with Crippen molar-refractivity contribution in [1.82, 2.24) is 26.2 Å². The van der Waals surface area contributed by atoms with Crippen molar-refractivity contribution in [2.45, 2.75) is 124 Å². The van der Waals surface area contributed by atoms with E-state index in [4.69, 9.17) is 0 Å². The fourth-order valence-corrected chi connectivity index (χ4v) is 5.13. The Kier molecular flexibility index (Phi) is 16.0. The quantitative estimate of drug-likeness (QED) is 0.128. The molecule has 5 amide bonds. The van der Waals surface area contributed by atoms with E-state index >= 15 is 0 Å². The molecule has 14 nitrogen and oxygen atoms in total. The third-order valence-electron chi connectivity index (χ3n) is 7.91. The number of carboxylic acids is 2. The van der Waals surface area contributed by atoms with E-state index in [-0.39, 0.29) is 30.7 Å². The molecule has 0 aromatic heterocycles. The molecule has 45 heavy (non-hydrogen) atoms. The number of hydrogen-bond acceptors (Lipinski definition) is 7. The molecule has 6 N–H and O–H groups in total. The lowest BCUT2D eigenvalue weighted by Gasteiger charge is -2.32. The van der Waals surface area contributed by atoms with E-state index in [2.05, 4.69) is 21.3 Å². The first-order valence-electron chi connectivity index (χ1n) is 15.8. The number of rotatable bonds is 18. The van der Waals surface area contributed by atoms with Crippen molar-refractivity contribution in [2.75, 3.05) is 13.1 Å². The van der Waals surface area contributed by atoms with E-state index < -0.39 is 77.9 Å². The zero-order chi connectivity index (χ0) is 34.5. The Labute approximate surface area is 265 Å². The Morgan fingerprint density at radius 2 is 1.20 bits per heavy atom. The summed E-state index contributed by atoms with van der Waals surface area (Å²) in [6.45, 7) is 13.7. The zero-order valence-corrected chi connectivity index (χ0v) is 27.7. The van der Waals surface area contributed by atoms with Gasteiger partial charge in [0, 0.05) is 25.6 Å². The van der Waals surface area contributed by atoms with Crippen molar-refractivity contribution in [3.05, 3.63) is 0 Å². The lowest BCUT2D eigenvalue weighted by molar-refractivity contribution is -0.144. The second-order valence-electron chi connectivity index (χ2n) is 13.2. The Morgan fingerprint density at radius 3 is 1.64 bits per heavy atom. The third-order valence-corrected chi connectivity index (χ3v) is 7.91. The fourth-order valence-electron chi connectivity index (χ4n) is 5.13. The smallest absolute Gasteiger partial charge is 0.326 e. The highest BCUT2D eigenvalue weighted by Gasteiger charge is 2.38. The van der Waals surface area contributed by atoms with Gasteiger partial charge in [0.1, 0.15) is 18.1 Å². The van der Waals surface area contributed by atoms with Crippen LogP contribution in [0, 0.1) is 17.3 Å². The lowest BCUT2D eigenvalue weighted by atomic mass is 9.77. The van der Waals surface area contributed by atoms with Gasteiger partial charge in [0.2, 0.25) is 29.5 Å². The molecule has 0 saturated carbocycles. The van der Waals surface area contributed by atoms with Gasteiger partial charge in [-0.25, -0.2) is 4.79 Å². The minimum Gasteiger partial charge on any atom is -0.481 e. The maximum absolute atomic E-state index is 13.7. The Hall–Kier alpha value is -3.71. The fraction of sp³-hybridized carbons (Fsp3) is 0.774. The van der Waals surface area contributed by atoms with E-state index in [0.717, 1.165) is 12.8 Å². The second kappa shape index (κ2) is 18.3. The largest absolute Gasteiger partial charge is 0.481 e. The summed E-state index contributed by atoms with van der Waals surface area (Å²) in [6.07, 6.45) is 1.57. The van der Waals surface area contributed by atoms with Gasteiger partial charge in [0.25, 0.3) is 0 Å². The Bertz CT molecular complexity index is 1060.